The molecular formula is C9H12ClN4O7P. The van der Waals surface area contributed by atoms with Crippen molar-refractivity contribution in [1.29, 1.82) is 0 Å². The van der Waals surface area contributed by atoms with Gasteiger partial charge in [0.1, 0.15) is 29.4 Å². The number of aromatic nitrogens is 3. The van der Waals surface area contributed by atoms with Gasteiger partial charge < -0.3 is 30.5 Å². The van der Waals surface area contributed by atoms with Crippen LogP contribution in [-0.2, 0) is 9.30 Å². The van der Waals surface area contributed by atoms with Crippen LogP contribution in [0.3, 0.4) is 0 Å². The van der Waals surface area contributed by atoms with Crippen LogP contribution >= 0.6 is 19.2 Å². The number of carbonyl (C=O) groups is 1. The molecule has 1 saturated heterocycles. The lowest BCUT2D eigenvalue weighted by Crippen LogP contribution is -2.31. The summed E-state index contributed by atoms with van der Waals surface area (Å²) in [4.78, 5) is 32.3. The number of aliphatic hydroxyl groups is 2. The van der Waals surface area contributed by atoms with E-state index in [0.29, 0.717) is 0 Å². The number of carbonyl (C=O) groups excluding carboxylic acids is 1. The van der Waals surface area contributed by atoms with Crippen LogP contribution in [0.15, 0.2) is 17.2 Å². The van der Waals surface area contributed by atoms with Crippen LogP contribution in [0.2, 0.25) is 0 Å². The van der Waals surface area contributed by atoms with Gasteiger partial charge in [-0.05, 0) is 6.08 Å². The number of aliphatic hydroxyl groups excluding tert-OH is 2. The maximum absolute atomic E-state index is 11.0. The van der Waals surface area contributed by atoms with Gasteiger partial charge in [0.2, 0.25) is 5.82 Å². The third kappa shape index (κ3) is 3.36. The van der Waals surface area contributed by atoms with Crippen molar-refractivity contribution >= 4 is 25.1 Å². The summed E-state index contributed by atoms with van der Waals surface area (Å²) in [5.41, 5.74) is 4.99. The molecule has 0 aromatic carbocycles. The van der Waals surface area contributed by atoms with Crippen molar-refractivity contribution in [2.45, 2.75) is 24.5 Å². The minimum atomic E-state index is -4.70. The third-order valence-electron chi connectivity index (χ3n) is 2.84. The zero-order valence-electron chi connectivity index (χ0n) is 10.7. The molecule has 1 aromatic heterocycles. The maximum Gasteiger partial charge on any atom is 0.367 e. The Kier molecular flexibility index (Phi) is 4.68. The molecule has 6 N–H and O–H groups in total. The number of nitrogens with zero attached hydrogens (tertiary/aromatic N) is 3. The predicted octanol–water partition coefficient (Wildman–Crippen LogP) is -1.75. The molecule has 122 valence electrons. The molecule has 22 heavy (non-hydrogen) atoms. The van der Waals surface area contributed by atoms with Gasteiger partial charge in [-0.15, -0.1) is 5.10 Å². The lowest BCUT2D eigenvalue weighted by Gasteiger charge is -2.13. The quantitative estimate of drug-likeness (QED) is 0.392. The van der Waals surface area contributed by atoms with E-state index < -0.39 is 42.8 Å². The molecular weight excluding hydrogens is 343 g/mol. The molecule has 0 bridgehead atoms. The molecule has 0 unspecified atom stereocenters. The summed E-state index contributed by atoms with van der Waals surface area (Å²) in [5, 5.41) is 23.4. The number of nitrogens with two attached hydrogens (primary N) is 1. The Morgan fingerprint density at radius 1 is 1.45 bits per heavy atom. The molecule has 1 aliphatic heterocycles. The Morgan fingerprint density at radius 2 is 2.09 bits per heavy atom. The van der Waals surface area contributed by atoms with Crippen molar-refractivity contribution in [1.82, 2.24) is 14.8 Å². The number of hydrogen-bond donors (Lipinski definition) is 5. The van der Waals surface area contributed by atoms with Crippen LogP contribution < -0.4 is 5.73 Å². The largest absolute Gasteiger partial charge is 0.387 e. The first kappa shape index (κ1) is 17.0. The molecule has 0 saturated carbocycles. The van der Waals surface area contributed by atoms with E-state index in [4.69, 9.17) is 31.9 Å². The van der Waals surface area contributed by atoms with Crippen molar-refractivity contribution < 1.29 is 34.1 Å². The topological polar surface area (TPSA) is 181 Å². The molecule has 0 spiro atoms. The van der Waals surface area contributed by atoms with Gasteiger partial charge in [0.15, 0.2) is 6.23 Å². The molecule has 1 fully saturated rings. The molecule has 2 heterocycles. The Morgan fingerprint density at radius 3 is 2.59 bits per heavy atom. The van der Waals surface area contributed by atoms with Gasteiger partial charge in [-0.25, -0.2) is 9.67 Å². The van der Waals surface area contributed by atoms with E-state index in [1.165, 1.54) is 0 Å². The van der Waals surface area contributed by atoms with Crippen molar-refractivity contribution in [3.63, 3.8) is 0 Å². The summed E-state index contributed by atoms with van der Waals surface area (Å²) in [6.45, 7) is 0. The molecule has 1 aliphatic rings. The lowest BCUT2D eigenvalue weighted by atomic mass is 10.1. The van der Waals surface area contributed by atoms with Gasteiger partial charge in [0, 0.05) is 0 Å². The highest BCUT2D eigenvalue weighted by Gasteiger charge is 2.44. The van der Waals surface area contributed by atoms with Crippen molar-refractivity contribution in [3.05, 3.63) is 23.0 Å². The first-order valence-electron chi connectivity index (χ1n) is 5.77. The van der Waals surface area contributed by atoms with E-state index in [2.05, 4.69) is 10.1 Å². The second-order valence-corrected chi connectivity index (χ2v) is 6.66. The van der Waals surface area contributed by atoms with Crippen molar-refractivity contribution in [2.24, 2.45) is 5.73 Å². The van der Waals surface area contributed by atoms with Gasteiger partial charge in [-0.1, -0.05) is 11.6 Å². The van der Waals surface area contributed by atoms with Crippen LogP contribution in [0.1, 0.15) is 16.8 Å². The first-order valence-corrected chi connectivity index (χ1v) is 7.76. The third-order valence-corrected chi connectivity index (χ3v) is 4.34. The lowest BCUT2D eigenvalue weighted by molar-refractivity contribution is -0.0347. The number of amides is 1. The average molecular weight is 355 g/mol. The van der Waals surface area contributed by atoms with Gasteiger partial charge in [0.05, 0.1) is 0 Å². The number of primary amides is 1. The van der Waals surface area contributed by atoms with Gasteiger partial charge >= 0.3 is 7.60 Å². The van der Waals surface area contributed by atoms with E-state index in [1.807, 2.05) is 0 Å². The van der Waals surface area contributed by atoms with Crippen LogP contribution in [0, 0.1) is 0 Å². The van der Waals surface area contributed by atoms with Crippen molar-refractivity contribution in [2.75, 3.05) is 0 Å². The zero-order chi connectivity index (χ0) is 16.7. The molecule has 0 radical (unpaired) electrons. The van der Waals surface area contributed by atoms with Crippen molar-refractivity contribution in [3.8, 4) is 0 Å². The van der Waals surface area contributed by atoms with E-state index in [9.17, 15) is 19.6 Å². The molecule has 2 rings (SSSR count). The maximum atomic E-state index is 11.0. The number of halogens is 1. The molecule has 11 nitrogen and oxygen atoms in total. The fourth-order valence-corrected chi connectivity index (χ4v) is 2.25. The molecule has 0 aliphatic carbocycles. The summed E-state index contributed by atoms with van der Waals surface area (Å²) >= 11 is 5.42. The van der Waals surface area contributed by atoms with E-state index in [-0.39, 0.29) is 5.82 Å². The second kappa shape index (κ2) is 6.05. The summed E-state index contributed by atoms with van der Waals surface area (Å²) in [7, 11) is -4.70. The zero-order valence-corrected chi connectivity index (χ0v) is 12.4. The monoisotopic (exact) mass is 354 g/mol. The fourth-order valence-electron chi connectivity index (χ4n) is 1.78. The smallest absolute Gasteiger partial charge is 0.367 e. The summed E-state index contributed by atoms with van der Waals surface area (Å²) in [6.07, 6.45) is -3.70. The second-order valence-electron chi connectivity index (χ2n) is 4.42. The Balaban J connectivity index is 2.23. The first-order chi connectivity index (χ1) is 10.1. The SMILES string of the molecule is NC(=O)c1ncn([C@@H]2O[C@H](/C=C(\Cl)P(=O)(O)O)[C@@H](O)[C@H]2O)n1. The van der Waals surface area contributed by atoms with Gasteiger partial charge in [-0.3, -0.25) is 9.36 Å². The number of hydrogen-bond acceptors (Lipinski definition) is 7. The van der Waals surface area contributed by atoms with E-state index >= 15 is 0 Å². The highest BCUT2D eigenvalue weighted by molar-refractivity contribution is 7.59. The Labute approximate surface area is 128 Å². The van der Waals surface area contributed by atoms with E-state index in [1.54, 1.807) is 0 Å². The highest BCUT2D eigenvalue weighted by Crippen LogP contribution is 2.48. The Hall–Kier alpha value is -1.33. The van der Waals surface area contributed by atoms with Crippen LogP contribution in [0.4, 0.5) is 0 Å². The van der Waals surface area contributed by atoms with Gasteiger partial charge in [-0.2, -0.15) is 0 Å². The Bertz CT molecular complexity index is 658. The van der Waals surface area contributed by atoms with Crippen LogP contribution in [0.5, 0.6) is 0 Å². The molecule has 4 atom stereocenters. The normalized spacial score (nSPS) is 29.8. The standard InChI is InChI=1S/C9H12ClN4O7P/c10-4(22(18,19)20)1-3-5(15)6(16)9(21-3)14-2-12-8(13-14)7(11)17/h1-3,5-6,9,15-16H,(H2,11,17)(H2,18,19,20)/b4-1+/t3-,5-,6-,9-/m1/s1. The number of rotatable bonds is 4. The van der Waals surface area contributed by atoms with Gasteiger partial charge in [0.25, 0.3) is 5.91 Å². The van der Waals surface area contributed by atoms with Crippen LogP contribution in [-0.4, -0.2) is 59.0 Å². The molecule has 13 heteroatoms. The molecule has 1 amide bonds. The highest BCUT2D eigenvalue weighted by atomic mass is 35.5. The number of ether oxygens (including phenoxy) is 1. The minimum Gasteiger partial charge on any atom is -0.387 e. The molecule has 1 aromatic rings. The minimum absolute atomic E-state index is 0.322. The van der Waals surface area contributed by atoms with E-state index in [0.717, 1.165) is 17.1 Å². The average Bonchev–Trinajstić information content (AvgIpc) is 2.98. The summed E-state index contributed by atoms with van der Waals surface area (Å²) < 4.78 is 16.3. The van der Waals surface area contributed by atoms with Crippen LogP contribution in [0.25, 0.3) is 0 Å². The fraction of sp³-hybridized carbons (Fsp3) is 0.444. The predicted molar refractivity (Wildman–Crippen MR) is 70.4 cm³/mol. The summed E-state index contributed by atoms with van der Waals surface area (Å²) in [5.74, 6) is -1.22. The summed E-state index contributed by atoms with van der Waals surface area (Å²) in [6, 6.07) is 0.